The lowest BCUT2D eigenvalue weighted by Gasteiger charge is -2.16. The zero-order valence-electron chi connectivity index (χ0n) is 13.3. The van der Waals surface area contributed by atoms with Crippen molar-refractivity contribution in [2.24, 2.45) is 0 Å². The molecule has 0 spiro atoms. The number of thiophene rings is 1. The molecule has 0 bridgehead atoms. The maximum absolute atomic E-state index is 12.2. The Morgan fingerprint density at radius 1 is 1.35 bits per heavy atom. The molecule has 0 radical (unpaired) electrons. The molecule has 2 rings (SSSR count). The molecule has 120 valence electrons. The number of likely N-dealkylation sites (N-methyl/N-ethyl adjacent to an activating group) is 1. The maximum atomic E-state index is 12.2. The molecule has 1 heterocycles. The first kappa shape index (κ1) is 17.7. The third-order valence-electron chi connectivity index (χ3n) is 3.53. The summed E-state index contributed by atoms with van der Waals surface area (Å²) in [6.45, 7) is 4.82. The number of halogens is 1. The smallest absolute Gasteiger partial charge is 0.239 e. The number of nitrogens with zero attached hydrogens (tertiary/aromatic N) is 2. The van der Waals surface area contributed by atoms with Crippen molar-refractivity contribution < 1.29 is 4.79 Å². The quantitative estimate of drug-likeness (QED) is 0.835. The summed E-state index contributed by atoms with van der Waals surface area (Å²) >= 11 is 4.86. The standard InChI is InChI=1S/C17H18BrN3OS/c1-11-12(2)23-17(15(11)8-19)20-16(22)10-21(3)9-13-4-6-14(18)7-5-13/h4-7H,9-10H2,1-3H3,(H,20,22). The largest absolute Gasteiger partial charge is 0.315 e. The summed E-state index contributed by atoms with van der Waals surface area (Å²) in [7, 11) is 1.90. The van der Waals surface area contributed by atoms with Crippen molar-refractivity contribution in [3.8, 4) is 6.07 Å². The van der Waals surface area contributed by atoms with E-state index >= 15 is 0 Å². The minimum atomic E-state index is -0.109. The van der Waals surface area contributed by atoms with Gasteiger partial charge in [0.2, 0.25) is 5.91 Å². The second kappa shape index (κ2) is 7.73. The minimum Gasteiger partial charge on any atom is -0.315 e. The Morgan fingerprint density at radius 2 is 2.00 bits per heavy atom. The number of benzene rings is 1. The van der Waals surface area contributed by atoms with Crippen LogP contribution in [0.1, 0.15) is 21.6 Å². The van der Waals surface area contributed by atoms with Gasteiger partial charge in [-0.25, -0.2) is 0 Å². The van der Waals surface area contributed by atoms with Gasteiger partial charge in [0.15, 0.2) is 0 Å². The molecule has 6 heteroatoms. The highest BCUT2D eigenvalue weighted by atomic mass is 79.9. The molecule has 0 aliphatic heterocycles. The van der Waals surface area contributed by atoms with Gasteiger partial charge in [0.25, 0.3) is 0 Å². The Bertz CT molecular complexity index is 746. The van der Waals surface area contributed by atoms with Crippen molar-refractivity contribution in [1.29, 1.82) is 5.26 Å². The Kier molecular flexibility index (Phi) is 5.94. The van der Waals surface area contributed by atoms with Crippen LogP contribution in [-0.4, -0.2) is 24.4 Å². The summed E-state index contributed by atoms with van der Waals surface area (Å²) < 4.78 is 1.04. The molecule has 0 atom stereocenters. The van der Waals surface area contributed by atoms with Gasteiger partial charge >= 0.3 is 0 Å². The van der Waals surface area contributed by atoms with Crippen LogP contribution in [0.5, 0.6) is 0 Å². The van der Waals surface area contributed by atoms with E-state index in [1.807, 2.05) is 50.1 Å². The van der Waals surface area contributed by atoms with E-state index in [9.17, 15) is 10.1 Å². The zero-order chi connectivity index (χ0) is 17.0. The minimum absolute atomic E-state index is 0.109. The summed E-state index contributed by atoms with van der Waals surface area (Å²) in [4.78, 5) is 15.2. The highest BCUT2D eigenvalue weighted by Crippen LogP contribution is 2.31. The average molecular weight is 392 g/mol. The van der Waals surface area contributed by atoms with Crippen LogP contribution >= 0.6 is 27.3 Å². The van der Waals surface area contributed by atoms with Crippen molar-refractivity contribution in [1.82, 2.24) is 4.90 Å². The van der Waals surface area contributed by atoms with Crippen molar-refractivity contribution >= 4 is 38.2 Å². The predicted molar refractivity (Wildman–Crippen MR) is 97.6 cm³/mol. The van der Waals surface area contributed by atoms with E-state index in [2.05, 4.69) is 27.3 Å². The van der Waals surface area contributed by atoms with Crippen molar-refractivity contribution in [2.45, 2.75) is 20.4 Å². The van der Waals surface area contributed by atoms with Gasteiger partial charge in [-0.3, -0.25) is 9.69 Å². The monoisotopic (exact) mass is 391 g/mol. The number of aryl methyl sites for hydroxylation is 1. The molecule has 0 saturated heterocycles. The number of hydrogen-bond donors (Lipinski definition) is 1. The number of hydrogen-bond acceptors (Lipinski definition) is 4. The number of rotatable bonds is 5. The normalized spacial score (nSPS) is 10.6. The lowest BCUT2D eigenvalue weighted by atomic mass is 10.2. The van der Waals surface area contributed by atoms with Crippen molar-refractivity contribution in [3.63, 3.8) is 0 Å². The van der Waals surface area contributed by atoms with Gasteiger partial charge in [-0.15, -0.1) is 11.3 Å². The molecule has 0 fully saturated rings. The van der Waals surface area contributed by atoms with Crippen LogP contribution in [-0.2, 0) is 11.3 Å². The molecule has 1 amide bonds. The van der Waals surface area contributed by atoms with Crippen molar-refractivity contribution in [2.75, 3.05) is 18.9 Å². The van der Waals surface area contributed by atoms with Gasteiger partial charge < -0.3 is 5.32 Å². The van der Waals surface area contributed by atoms with Gasteiger partial charge in [0.05, 0.1) is 12.1 Å². The first-order chi connectivity index (χ1) is 10.9. The van der Waals surface area contributed by atoms with E-state index in [0.29, 0.717) is 17.1 Å². The fourth-order valence-electron chi connectivity index (χ4n) is 2.22. The third-order valence-corrected chi connectivity index (χ3v) is 5.18. The lowest BCUT2D eigenvalue weighted by Crippen LogP contribution is -2.29. The van der Waals surface area contributed by atoms with Crippen LogP contribution in [0.25, 0.3) is 0 Å². The van der Waals surface area contributed by atoms with E-state index in [4.69, 9.17) is 0 Å². The summed E-state index contributed by atoms with van der Waals surface area (Å²) in [6.07, 6.45) is 0. The van der Waals surface area contributed by atoms with Crippen molar-refractivity contribution in [3.05, 3.63) is 50.3 Å². The highest BCUT2D eigenvalue weighted by molar-refractivity contribution is 9.10. The molecule has 4 nitrogen and oxygen atoms in total. The Hall–Kier alpha value is -1.68. The number of anilines is 1. The number of carbonyl (C=O) groups excluding carboxylic acids is 1. The SMILES string of the molecule is Cc1sc(NC(=O)CN(C)Cc2ccc(Br)cc2)c(C#N)c1C. The van der Waals surface area contributed by atoms with Gasteiger partial charge in [-0.05, 0) is 44.2 Å². The number of carbonyl (C=O) groups is 1. The van der Waals surface area contributed by atoms with Crippen LogP contribution in [0.2, 0.25) is 0 Å². The second-order valence-electron chi connectivity index (χ2n) is 5.45. The number of nitriles is 1. The fourth-order valence-corrected chi connectivity index (χ4v) is 3.51. The van der Waals surface area contributed by atoms with Gasteiger partial charge in [-0.2, -0.15) is 5.26 Å². The van der Waals surface area contributed by atoms with E-state index in [0.717, 1.165) is 20.5 Å². The molecule has 0 aliphatic carbocycles. The van der Waals surface area contributed by atoms with Crippen LogP contribution in [0, 0.1) is 25.2 Å². The summed E-state index contributed by atoms with van der Waals surface area (Å²) in [5.41, 5.74) is 2.65. The molecular weight excluding hydrogens is 374 g/mol. The fraction of sp³-hybridized carbons (Fsp3) is 0.294. The molecule has 23 heavy (non-hydrogen) atoms. The predicted octanol–water partition coefficient (Wildman–Crippen LogP) is 4.07. The number of nitrogens with one attached hydrogen (secondary N) is 1. The molecule has 0 unspecified atom stereocenters. The molecule has 0 saturated carbocycles. The summed E-state index contributed by atoms with van der Waals surface area (Å²) in [5, 5.41) is 12.7. The molecular formula is C17H18BrN3OS. The number of amides is 1. The van der Waals surface area contributed by atoms with E-state index in [1.54, 1.807) is 0 Å². The Morgan fingerprint density at radius 3 is 2.61 bits per heavy atom. The molecule has 1 N–H and O–H groups in total. The highest BCUT2D eigenvalue weighted by Gasteiger charge is 2.15. The zero-order valence-corrected chi connectivity index (χ0v) is 15.7. The molecule has 1 aromatic carbocycles. The second-order valence-corrected chi connectivity index (χ2v) is 7.59. The summed E-state index contributed by atoms with van der Waals surface area (Å²) in [5.74, 6) is -0.109. The van der Waals surface area contributed by atoms with Crippen LogP contribution in [0.4, 0.5) is 5.00 Å². The van der Waals surface area contributed by atoms with E-state index in [1.165, 1.54) is 11.3 Å². The summed E-state index contributed by atoms with van der Waals surface area (Å²) in [6, 6.07) is 10.2. The first-order valence-corrected chi connectivity index (χ1v) is 8.74. The Balaban J connectivity index is 1.95. The molecule has 0 aliphatic rings. The van der Waals surface area contributed by atoms with E-state index in [-0.39, 0.29) is 12.5 Å². The first-order valence-electron chi connectivity index (χ1n) is 7.13. The maximum Gasteiger partial charge on any atom is 0.239 e. The Labute approximate surface area is 148 Å². The molecule has 2 aromatic rings. The van der Waals surface area contributed by atoms with E-state index < -0.39 is 0 Å². The topological polar surface area (TPSA) is 56.1 Å². The van der Waals surface area contributed by atoms with Crippen LogP contribution < -0.4 is 5.32 Å². The van der Waals surface area contributed by atoms with Gasteiger partial charge in [-0.1, -0.05) is 28.1 Å². The van der Waals surface area contributed by atoms with Gasteiger partial charge in [0.1, 0.15) is 11.1 Å². The van der Waals surface area contributed by atoms with Gasteiger partial charge in [0, 0.05) is 15.9 Å². The third kappa shape index (κ3) is 4.64. The average Bonchev–Trinajstić information content (AvgIpc) is 2.75. The van der Waals surface area contributed by atoms with Crippen LogP contribution in [0.3, 0.4) is 0 Å². The lowest BCUT2D eigenvalue weighted by molar-refractivity contribution is -0.117. The van der Waals surface area contributed by atoms with Crippen LogP contribution in [0.15, 0.2) is 28.7 Å². The molecule has 1 aromatic heterocycles.